The summed E-state index contributed by atoms with van der Waals surface area (Å²) in [5.41, 5.74) is -0.854. The second-order valence-electron chi connectivity index (χ2n) is 5.52. The highest BCUT2D eigenvalue weighted by Gasteiger charge is 2.34. The zero-order chi connectivity index (χ0) is 19.8. The molecular weight excluding hydrogens is 404 g/mol. The van der Waals surface area contributed by atoms with Gasteiger partial charge in [-0.25, -0.2) is 9.67 Å². The maximum absolute atomic E-state index is 13.3. The van der Waals surface area contributed by atoms with Crippen LogP contribution in [-0.2, 0) is 6.18 Å². The van der Waals surface area contributed by atoms with Gasteiger partial charge in [0.15, 0.2) is 0 Å². The van der Waals surface area contributed by atoms with E-state index in [1.165, 1.54) is 36.4 Å². The van der Waals surface area contributed by atoms with Gasteiger partial charge in [0, 0.05) is 6.07 Å². The second kappa shape index (κ2) is 7.21. The summed E-state index contributed by atoms with van der Waals surface area (Å²) < 4.78 is 41.0. The Balaban J connectivity index is 2.04. The van der Waals surface area contributed by atoms with Crippen molar-refractivity contribution in [3.05, 3.63) is 69.6 Å². The summed E-state index contributed by atoms with van der Waals surface area (Å²) in [5.74, 6) is -0.694. The number of nitrogens with zero attached hydrogens (tertiary/aromatic N) is 3. The minimum Gasteiger partial charge on any atom is -0.305 e. The first-order chi connectivity index (χ1) is 12.7. The van der Waals surface area contributed by atoms with Crippen molar-refractivity contribution in [2.75, 3.05) is 5.32 Å². The van der Waals surface area contributed by atoms with Crippen molar-refractivity contribution in [3.63, 3.8) is 0 Å². The number of benzene rings is 1. The number of aryl methyl sites for hydroxylation is 1. The van der Waals surface area contributed by atoms with E-state index < -0.39 is 17.6 Å². The predicted molar refractivity (Wildman–Crippen MR) is 95.5 cm³/mol. The minimum atomic E-state index is -4.59. The summed E-state index contributed by atoms with van der Waals surface area (Å²) in [6, 6.07) is 9.16. The van der Waals surface area contributed by atoms with Crippen LogP contribution in [0.25, 0.3) is 5.69 Å². The number of alkyl halides is 3. The highest BCUT2D eigenvalue weighted by atomic mass is 35.5. The first-order valence-electron chi connectivity index (χ1n) is 7.53. The fourth-order valence-corrected chi connectivity index (χ4v) is 2.76. The van der Waals surface area contributed by atoms with Gasteiger partial charge in [0.2, 0.25) is 0 Å². The van der Waals surface area contributed by atoms with Gasteiger partial charge in [-0.2, -0.15) is 18.3 Å². The van der Waals surface area contributed by atoms with Crippen LogP contribution in [0.15, 0.2) is 42.5 Å². The molecule has 0 radical (unpaired) electrons. The van der Waals surface area contributed by atoms with Crippen LogP contribution in [0.2, 0.25) is 10.2 Å². The largest absolute Gasteiger partial charge is 0.418 e. The Kier molecular flexibility index (Phi) is 5.12. The third-order valence-corrected chi connectivity index (χ3v) is 4.05. The van der Waals surface area contributed by atoms with Crippen LogP contribution >= 0.6 is 23.2 Å². The van der Waals surface area contributed by atoms with Gasteiger partial charge in [-0.1, -0.05) is 35.3 Å². The SMILES string of the molecule is Cc1cc(NC(=O)c2nc(Cl)ccc2Cl)n(-c2ccccc2C(F)(F)F)n1. The lowest BCUT2D eigenvalue weighted by Crippen LogP contribution is -2.18. The summed E-state index contributed by atoms with van der Waals surface area (Å²) in [7, 11) is 0. The van der Waals surface area contributed by atoms with E-state index in [1.54, 1.807) is 6.92 Å². The number of carbonyl (C=O) groups excluding carboxylic acids is 1. The molecule has 10 heteroatoms. The van der Waals surface area contributed by atoms with E-state index in [-0.39, 0.29) is 27.4 Å². The Morgan fingerprint density at radius 3 is 2.56 bits per heavy atom. The number of pyridine rings is 1. The third kappa shape index (κ3) is 4.06. The number of para-hydroxylation sites is 1. The number of carbonyl (C=O) groups is 1. The molecule has 0 bridgehead atoms. The zero-order valence-corrected chi connectivity index (χ0v) is 15.2. The highest BCUT2D eigenvalue weighted by Crippen LogP contribution is 2.34. The van der Waals surface area contributed by atoms with E-state index >= 15 is 0 Å². The number of nitrogens with one attached hydrogen (secondary N) is 1. The number of halogens is 5. The van der Waals surface area contributed by atoms with Gasteiger partial charge in [-0.3, -0.25) is 4.79 Å². The van der Waals surface area contributed by atoms with Gasteiger partial charge in [-0.15, -0.1) is 0 Å². The number of anilines is 1. The summed E-state index contributed by atoms with van der Waals surface area (Å²) in [6.45, 7) is 1.59. The Hall–Kier alpha value is -2.58. The first-order valence-corrected chi connectivity index (χ1v) is 8.29. The number of aromatic nitrogens is 3. The second-order valence-corrected chi connectivity index (χ2v) is 6.31. The average Bonchev–Trinajstić information content (AvgIpc) is 2.96. The third-order valence-electron chi connectivity index (χ3n) is 3.54. The van der Waals surface area contributed by atoms with Gasteiger partial charge in [0.05, 0.1) is 22.0 Å². The van der Waals surface area contributed by atoms with Crippen LogP contribution in [0.3, 0.4) is 0 Å². The highest BCUT2D eigenvalue weighted by molar-refractivity contribution is 6.35. The van der Waals surface area contributed by atoms with Gasteiger partial charge in [0.1, 0.15) is 16.7 Å². The Labute approximate surface area is 161 Å². The number of hydrogen-bond acceptors (Lipinski definition) is 3. The molecule has 0 fully saturated rings. The van der Waals surface area contributed by atoms with E-state index in [0.29, 0.717) is 5.69 Å². The van der Waals surface area contributed by atoms with Crippen LogP contribution in [0.5, 0.6) is 0 Å². The monoisotopic (exact) mass is 414 g/mol. The van der Waals surface area contributed by atoms with E-state index in [2.05, 4.69) is 15.4 Å². The molecule has 140 valence electrons. The maximum atomic E-state index is 13.3. The van der Waals surface area contributed by atoms with Crippen LogP contribution < -0.4 is 5.32 Å². The van der Waals surface area contributed by atoms with Crippen molar-refractivity contribution < 1.29 is 18.0 Å². The van der Waals surface area contributed by atoms with Gasteiger partial charge < -0.3 is 5.32 Å². The summed E-state index contributed by atoms with van der Waals surface area (Å²) in [4.78, 5) is 16.3. The Morgan fingerprint density at radius 1 is 1.15 bits per heavy atom. The summed E-state index contributed by atoms with van der Waals surface area (Å²) in [6.07, 6.45) is -4.59. The quantitative estimate of drug-likeness (QED) is 0.602. The minimum absolute atomic E-state index is 0.0343. The molecule has 27 heavy (non-hydrogen) atoms. The molecule has 0 unspecified atom stereocenters. The maximum Gasteiger partial charge on any atom is 0.418 e. The lowest BCUT2D eigenvalue weighted by Gasteiger charge is -2.15. The molecule has 0 aliphatic heterocycles. The van der Waals surface area contributed by atoms with Crippen molar-refractivity contribution in [3.8, 4) is 5.69 Å². The molecule has 1 amide bonds. The molecule has 0 atom stereocenters. The fraction of sp³-hybridized carbons (Fsp3) is 0.118. The molecule has 3 rings (SSSR count). The molecule has 0 aliphatic carbocycles. The van der Waals surface area contributed by atoms with Crippen LogP contribution in [0, 0.1) is 6.92 Å². The van der Waals surface area contributed by atoms with Crippen molar-refractivity contribution in [2.45, 2.75) is 13.1 Å². The smallest absolute Gasteiger partial charge is 0.305 e. The van der Waals surface area contributed by atoms with Crippen molar-refractivity contribution in [2.24, 2.45) is 0 Å². The molecule has 0 spiro atoms. The topological polar surface area (TPSA) is 59.8 Å². The Morgan fingerprint density at radius 2 is 1.85 bits per heavy atom. The standard InChI is InChI=1S/C17H11Cl2F3N4O/c1-9-8-14(24-16(27)15-11(18)6-7-13(19)23-15)26(25-9)12-5-3-2-4-10(12)17(20,21)22/h2-8H,1H3,(H,24,27). The normalized spacial score (nSPS) is 11.5. The van der Waals surface area contributed by atoms with E-state index in [9.17, 15) is 18.0 Å². The number of rotatable bonds is 3. The van der Waals surface area contributed by atoms with Crippen LogP contribution in [0.1, 0.15) is 21.7 Å². The molecule has 2 heterocycles. The lowest BCUT2D eigenvalue weighted by atomic mass is 10.1. The molecule has 3 aromatic rings. The van der Waals surface area contributed by atoms with Gasteiger partial charge in [-0.05, 0) is 31.2 Å². The van der Waals surface area contributed by atoms with Gasteiger partial charge >= 0.3 is 6.18 Å². The molecular formula is C17H11Cl2F3N4O. The molecule has 1 aromatic carbocycles. The lowest BCUT2D eigenvalue weighted by molar-refractivity contribution is -0.137. The predicted octanol–water partition coefficient (Wildman–Crippen LogP) is 5.15. The number of hydrogen-bond donors (Lipinski definition) is 1. The molecule has 0 saturated carbocycles. The summed E-state index contributed by atoms with van der Waals surface area (Å²) in [5, 5.41) is 6.65. The average molecular weight is 415 g/mol. The molecule has 1 N–H and O–H groups in total. The van der Waals surface area contributed by atoms with Crippen molar-refractivity contribution in [1.82, 2.24) is 14.8 Å². The van der Waals surface area contributed by atoms with E-state index in [4.69, 9.17) is 23.2 Å². The zero-order valence-electron chi connectivity index (χ0n) is 13.7. The van der Waals surface area contributed by atoms with Crippen molar-refractivity contribution in [1.29, 1.82) is 0 Å². The van der Waals surface area contributed by atoms with E-state index in [0.717, 1.165) is 10.7 Å². The Bertz CT molecular complexity index is 1020. The number of amides is 1. The molecule has 5 nitrogen and oxygen atoms in total. The first kappa shape index (κ1) is 19.2. The molecule has 0 saturated heterocycles. The van der Waals surface area contributed by atoms with Gasteiger partial charge in [0.25, 0.3) is 5.91 Å². The fourth-order valence-electron chi connectivity index (χ4n) is 2.42. The van der Waals surface area contributed by atoms with Crippen LogP contribution in [0.4, 0.5) is 19.0 Å². The molecule has 2 aromatic heterocycles. The van der Waals surface area contributed by atoms with Crippen molar-refractivity contribution >= 4 is 34.9 Å². The van der Waals surface area contributed by atoms with Crippen LogP contribution in [-0.4, -0.2) is 20.7 Å². The van der Waals surface area contributed by atoms with E-state index in [1.807, 2.05) is 0 Å². The molecule has 0 aliphatic rings. The summed E-state index contributed by atoms with van der Waals surface area (Å²) >= 11 is 11.7.